The normalized spacial score (nSPS) is 10.6. The lowest BCUT2D eigenvalue weighted by atomic mass is 10.1. The van der Waals surface area contributed by atoms with Gasteiger partial charge in [0.25, 0.3) is 0 Å². The number of hydrogen-bond acceptors (Lipinski definition) is 3. The summed E-state index contributed by atoms with van der Waals surface area (Å²) in [6, 6.07) is 2.21. The molecule has 72 valence electrons. The van der Waals surface area contributed by atoms with Crippen LogP contribution in [0.25, 0.3) is 10.1 Å². The van der Waals surface area contributed by atoms with Crippen LogP contribution in [0, 0.1) is 5.82 Å². The van der Waals surface area contributed by atoms with Crippen molar-refractivity contribution in [2.24, 2.45) is 0 Å². The highest BCUT2D eigenvalue weighted by molar-refractivity contribution is 7.17. The molecule has 3 nitrogen and oxygen atoms in total. The number of benzene rings is 1. The number of thiophene rings is 1. The number of phenolic OH excluding ortho intramolecular Hbond substituents is 1. The molecule has 2 N–H and O–H groups in total. The number of carboxylic acids is 1. The van der Waals surface area contributed by atoms with Gasteiger partial charge in [0.2, 0.25) is 0 Å². The van der Waals surface area contributed by atoms with E-state index in [1.165, 1.54) is 11.4 Å². The van der Waals surface area contributed by atoms with Gasteiger partial charge in [-0.1, -0.05) is 0 Å². The lowest BCUT2D eigenvalue weighted by Gasteiger charge is -1.96. The number of carbonyl (C=O) groups is 1. The summed E-state index contributed by atoms with van der Waals surface area (Å²) in [7, 11) is 0. The second kappa shape index (κ2) is 2.95. The molecule has 5 heteroatoms. The SMILES string of the molecule is O=C(O)c1csc2c(F)cc(O)cc12. The zero-order valence-corrected chi connectivity index (χ0v) is 7.64. The molecule has 0 unspecified atom stereocenters. The predicted molar refractivity (Wildman–Crippen MR) is 50.4 cm³/mol. The number of halogens is 1. The molecule has 0 saturated carbocycles. The maximum atomic E-state index is 13.2. The average Bonchev–Trinajstić information content (AvgIpc) is 2.47. The van der Waals surface area contributed by atoms with Gasteiger partial charge < -0.3 is 10.2 Å². The highest BCUT2D eigenvalue weighted by Gasteiger charge is 2.14. The molecule has 0 aliphatic rings. The number of fused-ring (bicyclic) bond motifs is 1. The third-order valence-corrected chi connectivity index (χ3v) is 2.85. The van der Waals surface area contributed by atoms with Crippen LogP contribution in [0.15, 0.2) is 17.5 Å². The standard InChI is InChI=1S/C9H5FO3S/c10-7-2-4(11)1-5-6(9(12)13)3-14-8(5)7/h1-3,11H,(H,12,13). The Bertz CT molecular complexity index is 518. The van der Waals surface area contributed by atoms with E-state index >= 15 is 0 Å². The van der Waals surface area contributed by atoms with E-state index in [0.29, 0.717) is 0 Å². The fourth-order valence-corrected chi connectivity index (χ4v) is 2.18. The Morgan fingerprint density at radius 1 is 1.43 bits per heavy atom. The fourth-order valence-electron chi connectivity index (χ4n) is 1.25. The molecular formula is C9H5FO3S. The van der Waals surface area contributed by atoms with E-state index < -0.39 is 11.8 Å². The van der Waals surface area contributed by atoms with E-state index in [9.17, 15) is 9.18 Å². The van der Waals surface area contributed by atoms with Gasteiger partial charge in [-0.25, -0.2) is 9.18 Å². The van der Waals surface area contributed by atoms with E-state index in [1.807, 2.05) is 0 Å². The van der Waals surface area contributed by atoms with Crippen LogP contribution in [0.4, 0.5) is 4.39 Å². The van der Waals surface area contributed by atoms with Crippen LogP contribution in [-0.2, 0) is 0 Å². The van der Waals surface area contributed by atoms with E-state index in [1.54, 1.807) is 0 Å². The second-order valence-corrected chi connectivity index (χ2v) is 3.64. The van der Waals surface area contributed by atoms with Crippen molar-refractivity contribution in [1.82, 2.24) is 0 Å². The van der Waals surface area contributed by atoms with Crippen LogP contribution in [0.3, 0.4) is 0 Å². The van der Waals surface area contributed by atoms with E-state index in [0.717, 1.165) is 17.4 Å². The third-order valence-electron chi connectivity index (χ3n) is 1.84. The molecule has 2 aromatic rings. The number of aromatic carboxylic acids is 1. The summed E-state index contributed by atoms with van der Waals surface area (Å²) in [6.07, 6.45) is 0. The summed E-state index contributed by atoms with van der Waals surface area (Å²) in [4.78, 5) is 10.7. The second-order valence-electron chi connectivity index (χ2n) is 2.76. The minimum absolute atomic E-state index is 0.0137. The van der Waals surface area contributed by atoms with Gasteiger partial charge in [-0.15, -0.1) is 11.3 Å². The van der Waals surface area contributed by atoms with Crippen LogP contribution in [0.1, 0.15) is 10.4 Å². The number of rotatable bonds is 1. The van der Waals surface area contributed by atoms with Gasteiger partial charge in [-0.2, -0.15) is 0 Å². The first kappa shape index (κ1) is 8.96. The van der Waals surface area contributed by atoms with E-state index in [-0.39, 0.29) is 21.4 Å². The minimum atomic E-state index is -1.12. The Morgan fingerprint density at radius 2 is 2.14 bits per heavy atom. The first-order valence-corrected chi connectivity index (χ1v) is 4.60. The van der Waals surface area contributed by atoms with Crippen LogP contribution in [-0.4, -0.2) is 16.2 Å². The van der Waals surface area contributed by atoms with Crippen LogP contribution < -0.4 is 0 Å². The van der Waals surface area contributed by atoms with Gasteiger partial charge in [-0.3, -0.25) is 0 Å². The first-order chi connectivity index (χ1) is 6.59. The third kappa shape index (κ3) is 1.22. The summed E-state index contributed by atoms with van der Waals surface area (Å²) >= 11 is 1.01. The quantitative estimate of drug-likeness (QED) is 0.763. The Balaban J connectivity index is 2.85. The number of aromatic hydroxyl groups is 1. The molecule has 0 spiro atoms. The van der Waals surface area contributed by atoms with Gasteiger partial charge >= 0.3 is 5.97 Å². The highest BCUT2D eigenvalue weighted by atomic mass is 32.1. The molecule has 0 amide bonds. The molecule has 0 atom stereocenters. The summed E-state index contributed by atoms with van der Waals surface area (Å²) in [5.74, 6) is -1.99. The molecule has 1 heterocycles. The Kier molecular flexibility index (Phi) is 1.89. The summed E-state index contributed by atoms with van der Waals surface area (Å²) < 4.78 is 13.4. The van der Waals surface area contributed by atoms with Crippen molar-refractivity contribution in [2.75, 3.05) is 0 Å². The van der Waals surface area contributed by atoms with Crippen molar-refractivity contribution in [3.63, 3.8) is 0 Å². The van der Waals surface area contributed by atoms with Crippen molar-refractivity contribution < 1.29 is 19.4 Å². The Morgan fingerprint density at radius 3 is 2.79 bits per heavy atom. The number of phenols is 1. The van der Waals surface area contributed by atoms with Crippen molar-refractivity contribution in [3.05, 3.63) is 28.9 Å². The van der Waals surface area contributed by atoms with Gasteiger partial charge in [0.1, 0.15) is 11.6 Å². The monoisotopic (exact) mass is 212 g/mol. The van der Waals surface area contributed by atoms with Crippen LogP contribution in [0.5, 0.6) is 5.75 Å². The molecule has 2 rings (SSSR count). The van der Waals surface area contributed by atoms with Gasteiger partial charge in [0.05, 0.1) is 10.3 Å². The maximum Gasteiger partial charge on any atom is 0.337 e. The molecule has 0 aliphatic heterocycles. The van der Waals surface area contributed by atoms with Crippen molar-refractivity contribution >= 4 is 27.4 Å². The molecule has 0 aliphatic carbocycles. The Hall–Kier alpha value is -1.62. The lowest BCUT2D eigenvalue weighted by molar-refractivity contribution is 0.0699. The van der Waals surface area contributed by atoms with Crippen molar-refractivity contribution in [1.29, 1.82) is 0 Å². The highest BCUT2D eigenvalue weighted by Crippen LogP contribution is 2.31. The summed E-state index contributed by atoms with van der Waals surface area (Å²) in [6.45, 7) is 0. The van der Waals surface area contributed by atoms with E-state index in [2.05, 4.69) is 0 Å². The topological polar surface area (TPSA) is 57.5 Å². The molecule has 1 aromatic carbocycles. The zero-order chi connectivity index (χ0) is 10.3. The molecule has 0 fully saturated rings. The predicted octanol–water partition coefficient (Wildman–Crippen LogP) is 2.44. The zero-order valence-electron chi connectivity index (χ0n) is 6.82. The molecule has 14 heavy (non-hydrogen) atoms. The molecule has 0 radical (unpaired) electrons. The van der Waals surface area contributed by atoms with Crippen LogP contribution in [0.2, 0.25) is 0 Å². The summed E-state index contributed by atoms with van der Waals surface area (Å²) in [5.41, 5.74) is 0.0137. The molecule has 1 aromatic heterocycles. The van der Waals surface area contributed by atoms with Crippen molar-refractivity contribution in [2.45, 2.75) is 0 Å². The molecule has 0 saturated heterocycles. The first-order valence-electron chi connectivity index (χ1n) is 3.72. The van der Waals surface area contributed by atoms with E-state index in [4.69, 9.17) is 10.2 Å². The van der Waals surface area contributed by atoms with Gasteiger partial charge in [0.15, 0.2) is 0 Å². The van der Waals surface area contributed by atoms with Crippen molar-refractivity contribution in [3.8, 4) is 5.75 Å². The Labute approximate surface area is 82.0 Å². The number of carboxylic acid groups (broad SMARTS) is 1. The van der Waals surface area contributed by atoms with Crippen LogP contribution >= 0.6 is 11.3 Å². The average molecular weight is 212 g/mol. The summed E-state index contributed by atoms with van der Waals surface area (Å²) in [5, 5.41) is 19.5. The smallest absolute Gasteiger partial charge is 0.337 e. The van der Waals surface area contributed by atoms with Gasteiger partial charge in [-0.05, 0) is 6.07 Å². The lowest BCUT2D eigenvalue weighted by Crippen LogP contribution is -1.93. The fraction of sp³-hybridized carbons (Fsp3) is 0. The number of hydrogen-bond donors (Lipinski definition) is 2. The minimum Gasteiger partial charge on any atom is -0.508 e. The van der Waals surface area contributed by atoms with Gasteiger partial charge in [0, 0.05) is 16.8 Å². The molecular weight excluding hydrogens is 207 g/mol. The maximum absolute atomic E-state index is 13.2. The largest absolute Gasteiger partial charge is 0.508 e. The molecule has 0 bridgehead atoms.